The van der Waals surface area contributed by atoms with E-state index in [0.29, 0.717) is 12.3 Å². The number of ether oxygens (including phenoxy) is 1. The largest absolute Gasteiger partial charge is 0.448 e. The van der Waals surface area contributed by atoms with Crippen molar-refractivity contribution in [1.29, 1.82) is 0 Å². The van der Waals surface area contributed by atoms with E-state index >= 15 is 0 Å². The van der Waals surface area contributed by atoms with Gasteiger partial charge in [0, 0.05) is 6.54 Å². The van der Waals surface area contributed by atoms with Crippen molar-refractivity contribution in [2.45, 2.75) is 32.1 Å². The van der Waals surface area contributed by atoms with Crippen molar-refractivity contribution in [2.75, 3.05) is 19.8 Å². The van der Waals surface area contributed by atoms with E-state index < -0.39 is 18.2 Å². The first-order chi connectivity index (χ1) is 9.06. The number of oxazole rings is 1. The highest BCUT2D eigenvalue weighted by molar-refractivity contribution is 5.93. The normalized spacial score (nSPS) is 27.3. The van der Waals surface area contributed by atoms with Gasteiger partial charge in [0.1, 0.15) is 18.0 Å². The van der Waals surface area contributed by atoms with E-state index in [9.17, 15) is 15.0 Å². The van der Waals surface area contributed by atoms with Crippen molar-refractivity contribution in [1.82, 2.24) is 9.88 Å². The Kier molecular flexibility index (Phi) is 4.18. The fourth-order valence-electron chi connectivity index (χ4n) is 2.21. The molecule has 0 aromatic carbocycles. The van der Waals surface area contributed by atoms with Crippen LogP contribution in [0.2, 0.25) is 0 Å². The molecule has 1 amide bonds. The van der Waals surface area contributed by atoms with E-state index in [1.165, 1.54) is 11.3 Å². The maximum Gasteiger partial charge on any atom is 0.276 e. The van der Waals surface area contributed by atoms with Crippen molar-refractivity contribution in [3.05, 3.63) is 17.8 Å². The van der Waals surface area contributed by atoms with Crippen molar-refractivity contribution in [3.63, 3.8) is 0 Å². The molecule has 106 valence electrons. The molecule has 0 spiro atoms. The maximum absolute atomic E-state index is 12.4. The topological polar surface area (TPSA) is 96.0 Å². The van der Waals surface area contributed by atoms with Crippen LogP contribution in [-0.4, -0.2) is 64.0 Å². The van der Waals surface area contributed by atoms with Crippen LogP contribution in [0.1, 0.15) is 23.2 Å². The van der Waals surface area contributed by atoms with Crippen LogP contribution in [-0.2, 0) is 4.74 Å². The van der Waals surface area contributed by atoms with Crippen molar-refractivity contribution < 1.29 is 24.2 Å². The number of aliphatic hydroxyl groups excluding tert-OH is 2. The first-order valence-corrected chi connectivity index (χ1v) is 6.21. The molecule has 1 aromatic rings. The van der Waals surface area contributed by atoms with Gasteiger partial charge in [-0.15, -0.1) is 0 Å². The fraction of sp³-hybridized carbons (Fsp3) is 0.667. The van der Waals surface area contributed by atoms with Crippen LogP contribution in [0.4, 0.5) is 0 Å². The second-order valence-corrected chi connectivity index (χ2v) is 4.51. The fourth-order valence-corrected chi connectivity index (χ4v) is 2.21. The third-order valence-corrected chi connectivity index (χ3v) is 3.31. The highest BCUT2D eigenvalue weighted by Gasteiger charge is 2.38. The second-order valence-electron chi connectivity index (χ2n) is 4.51. The number of carbonyl (C=O) groups excluding carboxylic acids is 1. The molecule has 19 heavy (non-hydrogen) atoms. The van der Waals surface area contributed by atoms with Crippen LogP contribution >= 0.6 is 0 Å². The van der Waals surface area contributed by atoms with E-state index in [1.54, 1.807) is 13.8 Å². The minimum atomic E-state index is -1.02. The molecule has 0 radical (unpaired) electrons. The van der Waals surface area contributed by atoms with Crippen LogP contribution in [0.5, 0.6) is 0 Å². The first-order valence-electron chi connectivity index (χ1n) is 6.21. The lowest BCUT2D eigenvalue weighted by Crippen LogP contribution is -2.57. The van der Waals surface area contributed by atoms with Gasteiger partial charge in [-0.1, -0.05) is 0 Å². The van der Waals surface area contributed by atoms with E-state index in [1.807, 2.05) is 0 Å². The predicted molar refractivity (Wildman–Crippen MR) is 64.6 cm³/mol. The SMILES string of the molecule is CCN(C(=O)c1ncoc1C)[C@@H]1COC[C@@H](O)[C@H]1O. The monoisotopic (exact) mass is 270 g/mol. The molecule has 7 nitrogen and oxygen atoms in total. The molecule has 3 atom stereocenters. The third-order valence-electron chi connectivity index (χ3n) is 3.31. The minimum Gasteiger partial charge on any atom is -0.448 e. The average Bonchev–Trinajstić information content (AvgIpc) is 2.81. The van der Waals surface area contributed by atoms with Crippen LogP contribution in [0.15, 0.2) is 10.8 Å². The Morgan fingerprint density at radius 2 is 2.26 bits per heavy atom. The average molecular weight is 270 g/mol. The molecule has 2 heterocycles. The summed E-state index contributed by atoms with van der Waals surface area (Å²) in [5.74, 6) is 0.0886. The number of rotatable bonds is 3. The second kappa shape index (κ2) is 5.68. The summed E-state index contributed by atoms with van der Waals surface area (Å²) in [4.78, 5) is 17.7. The molecule has 1 saturated heterocycles. The number of amides is 1. The third kappa shape index (κ3) is 2.63. The quantitative estimate of drug-likeness (QED) is 0.773. The maximum atomic E-state index is 12.4. The number of carbonyl (C=O) groups is 1. The molecule has 1 aliphatic rings. The smallest absolute Gasteiger partial charge is 0.276 e. The van der Waals surface area contributed by atoms with Gasteiger partial charge in [-0.25, -0.2) is 4.98 Å². The summed E-state index contributed by atoms with van der Waals surface area (Å²) >= 11 is 0. The number of hydrogen-bond acceptors (Lipinski definition) is 6. The Labute approximate surface area is 110 Å². The van der Waals surface area contributed by atoms with Crippen molar-refractivity contribution >= 4 is 5.91 Å². The van der Waals surface area contributed by atoms with Gasteiger partial charge >= 0.3 is 0 Å². The van der Waals surface area contributed by atoms with Gasteiger partial charge < -0.3 is 24.3 Å². The van der Waals surface area contributed by atoms with E-state index in [4.69, 9.17) is 9.15 Å². The number of aliphatic hydroxyl groups is 2. The highest BCUT2D eigenvalue weighted by Crippen LogP contribution is 2.18. The molecule has 1 aromatic heterocycles. The molecule has 1 fully saturated rings. The Morgan fingerprint density at radius 3 is 2.84 bits per heavy atom. The molecular formula is C12H18N2O5. The van der Waals surface area contributed by atoms with E-state index in [0.717, 1.165) is 0 Å². The Morgan fingerprint density at radius 1 is 1.53 bits per heavy atom. The van der Waals surface area contributed by atoms with Gasteiger partial charge in [0.25, 0.3) is 5.91 Å². The minimum absolute atomic E-state index is 0.0758. The summed E-state index contributed by atoms with van der Waals surface area (Å²) in [5, 5.41) is 19.6. The summed E-state index contributed by atoms with van der Waals surface area (Å²) in [6.45, 7) is 4.09. The Hall–Kier alpha value is -1.44. The molecule has 0 aliphatic carbocycles. The van der Waals surface area contributed by atoms with Gasteiger partial charge in [0.05, 0.1) is 19.3 Å². The Bertz CT molecular complexity index is 447. The summed E-state index contributed by atoms with van der Waals surface area (Å²) in [7, 11) is 0. The molecule has 1 aliphatic heterocycles. The summed E-state index contributed by atoms with van der Waals surface area (Å²) in [6, 6.07) is -0.586. The molecule has 2 N–H and O–H groups in total. The number of likely N-dealkylation sites (N-methyl/N-ethyl adjacent to an activating group) is 1. The van der Waals surface area contributed by atoms with E-state index in [-0.39, 0.29) is 24.8 Å². The highest BCUT2D eigenvalue weighted by atomic mass is 16.5. The van der Waals surface area contributed by atoms with Crippen LogP contribution < -0.4 is 0 Å². The van der Waals surface area contributed by atoms with Gasteiger partial charge in [-0.2, -0.15) is 0 Å². The lowest BCUT2D eigenvalue weighted by atomic mass is 10.0. The van der Waals surface area contributed by atoms with Gasteiger partial charge in [0.15, 0.2) is 12.1 Å². The van der Waals surface area contributed by atoms with Gasteiger partial charge in [-0.05, 0) is 13.8 Å². The molecule has 0 saturated carbocycles. The first kappa shape index (κ1) is 14.0. The van der Waals surface area contributed by atoms with Crippen LogP contribution in [0, 0.1) is 6.92 Å². The lowest BCUT2D eigenvalue weighted by Gasteiger charge is -2.38. The van der Waals surface area contributed by atoms with Crippen LogP contribution in [0.25, 0.3) is 0 Å². The number of aromatic nitrogens is 1. The lowest BCUT2D eigenvalue weighted by molar-refractivity contribution is -0.125. The predicted octanol–water partition coefficient (Wildman–Crippen LogP) is -0.434. The molecule has 2 rings (SSSR count). The van der Waals surface area contributed by atoms with Crippen molar-refractivity contribution in [2.24, 2.45) is 0 Å². The molecule has 0 unspecified atom stereocenters. The molecule has 0 bridgehead atoms. The number of hydrogen-bond donors (Lipinski definition) is 2. The standard InChI is InChI=1S/C12H18N2O5/c1-3-14(8-4-18-5-9(15)11(8)16)12(17)10-7(2)19-6-13-10/h6,8-9,11,15-16H,3-5H2,1-2H3/t8-,9-,11+/m1/s1. The zero-order valence-corrected chi connectivity index (χ0v) is 10.9. The zero-order chi connectivity index (χ0) is 14.0. The zero-order valence-electron chi connectivity index (χ0n) is 10.9. The molecule has 7 heteroatoms. The number of nitrogens with zero attached hydrogens (tertiary/aromatic N) is 2. The number of aryl methyl sites for hydroxylation is 1. The van der Waals surface area contributed by atoms with Gasteiger partial charge in [-0.3, -0.25) is 4.79 Å². The summed E-state index contributed by atoms with van der Waals surface area (Å²) in [6.07, 6.45) is -0.803. The molecular weight excluding hydrogens is 252 g/mol. The van der Waals surface area contributed by atoms with E-state index in [2.05, 4.69) is 4.98 Å². The van der Waals surface area contributed by atoms with Crippen LogP contribution in [0.3, 0.4) is 0 Å². The Balaban J connectivity index is 2.20. The summed E-state index contributed by atoms with van der Waals surface area (Å²) in [5.41, 5.74) is 0.217. The van der Waals surface area contributed by atoms with Gasteiger partial charge in [0.2, 0.25) is 0 Å². The van der Waals surface area contributed by atoms with Crippen molar-refractivity contribution in [3.8, 4) is 0 Å². The summed E-state index contributed by atoms with van der Waals surface area (Å²) < 4.78 is 10.2.